The Kier molecular flexibility index (Phi) is 6.95. The molecule has 6 aromatic rings. The third-order valence-corrected chi connectivity index (χ3v) is 7.37. The molecule has 0 saturated carbocycles. The van der Waals surface area contributed by atoms with E-state index in [0.29, 0.717) is 22.9 Å². The summed E-state index contributed by atoms with van der Waals surface area (Å²) in [5, 5.41) is 5.35. The number of imidazole rings is 1. The van der Waals surface area contributed by atoms with Crippen LogP contribution in [0.2, 0.25) is 0 Å². The Balaban J connectivity index is 1.32. The number of aryl methyl sites for hydroxylation is 2. The molecule has 0 aliphatic rings. The molecule has 0 saturated heterocycles. The number of pyridine rings is 2. The molecule has 42 heavy (non-hydrogen) atoms. The molecule has 2 aromatic carbocycles. The van der Waals surface area contributed by atoms with Crippen molar-refractivity contribution in [1.82, 2.24) is 19.5 Å². The number of nitrogens with zero attached hydrogens (tertiary/aromatic N) is 4. The summed E-state index contributed by atoms with van der Waals surface area (Å²) >= 11 is 1.48. The first-order chi connectivity index (χ1) is 20.1. The van der Waals surface area contributed by atoms with Gasteiger partial charge in [0.05, 0.1) is 28.7 Å². The Bertz CT molecular complexity index is 1930. The number of anilines is 1. The Labute approximate surface area is 242 Å². The smallest absolute Gasteiger partial charge is 0.416 e. The number of alkyl halides is 3. The lowest BCUT2D eigenvalue weighted by molar-refractivity contribution is -0.137. The molecular formula is C31H22F3N5O2S. The van der Waals surface area contributed by atoms with Crippen molar-refractivity contribution in [2.45, 2.75) is 20.0 Å². The molecule has 0 spiro atoms. The number of aromatic nitrogens is 4. The molecule has 0 aliphatic heterocycles. The topological polar surface area (TPSA) is 81.9 Å². The molecule has 1 amide bonds. The highest BCUT2D eigenvalue weighted by Crippen LogP contribution is 2.37. The standard InChI is InChI=1S/C31H22F3N5O2S/c1-18-3-4-21(29(40)37-23-12-22(31(32,33)34)13-24(14-23)39-16-19(2)36-17-39)11-27(18)41-28-15-26(20-5-8-35-9-6-20)38-30-25(28)7-10-42-30/h3-17H,1-2H3,(H,37,40). The molecule has 0 radical (unpaired) electrons. The van der Waals surface area contributed by atoms with Crippen LogP contribution >= 0.6 is 11.3 Å². The Morgan fingerprint density at radius 1 is 0.976 bits per heavy atom. The monoisotopic (exact) mass is 585 g/mol. The fraction of sp³-hybridized carbons (Fsp3) is 0.0968. The second-order valence-corrected chi connectivity index (χ2v) is 10.5. The zero-order valence-electron chi connectivity index (χ0n) is 22.3. The van der Waals surface area contributed by atoms with Gasteiger partial charge in [0, 0.05) is 47.2 Å². The van der Waals surface area contributed by atoms with E-state index in [1.807, 2.05) is 36.6 Å². The fourth-order valence-corrected chi connectivity index (χ4v) is 5.19. The lowest BCUT2D eigenvalue weighted by Crippen LogP contribution is -2.14. The van der Waals surface area contributed by atoms with Crippen LogP contribution in [0.15, 0.2) is 91.0 Å². The molecular weight excluding hydrogens is 563 g/mol. The zero-order valence-corrected chi connectivity index (χ0v) is 23.1. The maximum atomic E-state index is 13.7. The van der Waals surface area contributed by atoms with Crippen LogP contribution in [0.4, 0.5) is 18.9 Å². The summed E-state index contributed by atoms with van der Waals surface area (Å²) in [7, 11) is 0. The molecule has 0 bridgehead atoms. The minimum atomic E-state index is -4.61. The summed E-state index contributed by atoms with van der Waals surface area (Å²) < 4.78 is 48.9. The average molecular weight is 586 g/mol. The van der Waals surface area contributed by atoms with Crippen LogP contribution in [-0.4, -0.2) is 25.4 Å². The summed E-state index contributed by atoms with van der Waals surface area (Å²) in [6.45, 7) is 3.58. The number of halogens is 3. The van der Waals surface area contributed by atoms with Crippen molar-refractivity contribution < 1.29 is 22.7 Å². The van der Waals surface area contributed by atoms with Crippen LogP contribution < -0.4 is 10.1 Å². The number of ether oxygens (including phenoxy) is 1. The molecule has 0 fully saturated rings. The molecule has 0 atom stereocenters. The van der Waals surface area contributed by atoms with E-state index in [-0.39, 0.29) is 16.9 Å². The van der Waals surface area contributed by atoms with Crippen LogP contribution in [0.5, 0.6) is 11.5 Å². The number of hydrogen-bond donors (Lipinski definition) is 1. The summed E-state index contributed by atoms with van der Waals surface area (Å²) in [5.74, 6) is 0.410. The average Bonchev–Trinajstić information content (AvgIpc) is 3.63. The quantitative estimate of drug-likeness (QED) is 0.213. The highest BCUT2D eigenvalue weighted by molar-refractivity contribution is 7.16. The number of hydrogen-bond acceptors (Lipinski definition) is 6. The van der Waals surface area contributed by atoms with Gasteiger partial charge in [-0.2, -0.15) is 13.2 Å². The second-order valence-electron chi connectivity index (χ2n) is 9.61. The van der Waals surface area contributed by atoms with E-state index in [1.165, 1.54) is 28.3 Å². The van der Waals surface area contributed by atoms with Gasteiger partial charge in [0.25, 0.3) is 5.91 Å². The molecule has 4 aromatic heterocycles. The number of rotatable bonds is 6. The van der Waals surface area contributed by atoms with E-state index >= 15 is 0 Å². The molecule has 1 N–H and O–H groups in total. The summed E-state index contributed by atoms with van der Waals surface area (Å²) in [4.78, 5) is 27.0. The van der Waals surface area contributed by atoms with Gasteiger partial charge in [-0.3, -0.25) is 9.78 Å². The predicted octanol–water partition coefficient (Wildman–Crippen LogP) is 8.22. The van der Waals surface area contributed by atoms with Crippen LogP contribution in [0.1, 0.15) is 27.2 Å². The highest BCUT2D eigenvalue weighted by atomic mass is 32.1. The third-order valence-electron chi connectivity index (χ3n) is 6.56. The van der Waals surface area contributed by atoms with Gasteiger partial charge in [0.15, 0.2) is 0 Å². The van der Waals surface area contributed by atoms with Crippen molar-refractivity contribution in [2.75, 3.05) is 5.32 Å². The van der Waals surface area contributed by atoms with Gasteiger partial charge in [0.2, 0.25) is 0 Å². The lowest BCUT2D eigenvalue weighted by Gasteiger charge is -2.15. The molecule has 6 rings (SSSR count). The van der Waals surface area contributed by atoms with E-state index in [0.717, 1.165) is 33.5 Å². The maximum Gasteiger partial charge on any atom is 0.416 e. The summed E-state index contributed by atoms with van der Waals surface area (Å²) in [6, 6.07) is 15.7. The maximum absolute atomic E-state index is 13.7. The van der Waals surface area contributed by atoms with Gasteiger partial charge in [-0.25, -0.2) is 9.97 Å². The third kappa shape index (κ3) is 5.59. The first-order valence-electron chi connectivity index (χ1n) is 12.8. The van der Waals surface area contributed by atoms with Gasteiger partial charge in [-0.05, 0) is 73.3 Å². The van der Waals surface area contributed by atoms with Crippen molar-refractivity contribution in [3.05, 3.63) is 113 Å². The van der Waals surface area contributed by atoms with Crippen molar-refractivity contribution in [3.63, 3.8) is 0 Å². The Hall–Kier alpha value is -5.03. The number of fused-ring (bicyclic) bond motifs is 1. The van der Waals surface area contributed by atoms with Gasteiger partial charge < -0.3 is 14.6 Å². The number of amides is 1. The summed E-state index contributed by atoms with van der Waals surface area (Å²) in [6.07, 6.45) is 1.79. The first kappa shape index (κ1) is 27.2. The van der Waals surface area contributed by atoms with Gasteiger partial charge in [-0.1, -0.05) is 6.07 Å². The number of carbonyl (C=O) groups is 1. The number of thiophene rings is 1. The number of benzene rings is 2. The SMILES string of the molecule is Cc1cn(-c2cc(NC(=O)c3ccc(C)c(Oc4cc(-c5ccncc5)nc5sccc45)c3)cc(C(F)(F)F)c2)cn1. The zero-order chi connectivity index (χ0) is 29.4. The van der Waals surface area contributed by atoms with E-state index < -0.39 is 17.6 Å². The molecule has 210 valence electrons. The molecule has 11 heteroatoms. The van der Waals surface area contributed by atoms with Crippen LogP contribution in [0, 0.1) is 13.8 Å². The molecule has 0 aliphatic carbocycles. The summed E-state index contributed by atoms with van der Waals surface area (Å²) in [5.41, 5.74) is 2.55. The van der Waals surface area contributed by atoms with E-state index in [4.69, 9.17) is 9.72 Å². The van der Waals surface area contributed by atoms with Crippen molar-refractivity contribution >= 4 is 33.1 Å². The van der Waals surface area contributed by atoms with Crippen LogP contribution in [0.25, 0.3) is 27.2 Å². The molecule has 0 unspecified atom stereocenters. The lowest BCUT2D eigenvalue weighted by atomic mass is 10.1. The molecule has 7 nitrogen and oxygen atoms in total. The normalized spacial score (nSPS) is 11.5. The minimum absolute atomic E-state index is 0.00432. The van der Waals surface area contributed by atoms with E-state index in [2.05, 4.69) is 15.3 Å². The number of nitrogens with one attached hydrogen (secondary N) is 1. The van der Waals surface area contributed by atoms with Crippen LogP contribution in [0.3, 0.4) is 0 Å². The Morgan fingerprint density at radius 2 is 1.79 bits per heavy atom. The first-order valence-corrected chi connectivity index (χ1v) is 13.6. The van der Waals surface area contributed by atoms with E-state index in [1.54, 1.807) is 43.7 Å². The van der Waals surface area contributed by atoms with E-state index in [9.17, 15) is 18.0 Å². The van der Waals surface area contributed by atoms with Crippen molar-refractivity contribution in [2.24, 2.45) is 0 Å². The van der Waals surface area contributed by atoms with Gasteiger partial charge >= 0.3 is 6.18 Å². The minimum Gasteiger partial charge on any atom is -0.456 e. The number of carbonyl (C=O) groups excluding carboxylic acids is 1. The molecule has 4 heterocycles. The fourth-order valence-electron chi connectivity index (χ4n) is 4.41. The Morgan fingerprint density at radius 3 is 2.52 bits per heavy atom. The largest absolute Gasteiger partial charge is 0.456 e. The second kappa shape index (κ2) is 10.7. The van der Waals surface area contributed by atoms with Crippen molar-refractivity contribution in [1.29, 1.82) is 0 Å². The predicted molar refractivity (Wildman–Crippen MR) is 155 cm³/mol. The van der Waals surface area contributed by atoms with Crippen molar-refractivity contribution in [3.8, 4) is 28.4 Å². The highest BCUT2D eigenvalue weighted by Gasteiger charge is 2.31. The van der Waals surface area contributed by atoms with Crippen LogP contribution in [-0.2, 0) is 6.18 Å². The van der Waals surface area contributed by atoms with Gasteiger partial charge in [-0.15, -0.1) is 11.3 Å². The van der Waals surface area contributed by atoms with Gasteiger partial charge in [0.1, 0.15) is 16.3 Å².